The molecule has 0 unspecified atom stereocenters. The minimum absolute atomic E-state index is 0.804. The summed E-state index contributed by atoms with van der Waals surface area (Å²) in [6, 6.07) is 21.3. The van der Waals surface area contributed by atoms with Gasteiger partial charge in [-0.3, -0.25) is 0 Å². The van der Waals surface area contributed by atoms with Gasteiger partial charge in [-0.15, -0.1) is 0 Å². The number of anilines is 1. The first-order valence-corrected chi connectivity index (χ1v) is 7.86. The van der Waals surface area contributed by atoms with Gasteiger partial charge in [0.25, 0.3) is 0 Å². The molecule has 0 fully saturated rings. The Morgan fingerprint density at radius 1 is 1.00 bits per heavy atom. The van der Waals surface area contributed by atoms with Gasteiger partial charge in [-0.05, 0) is 41.5 Å². The van der Waals surface area contributed by atoms with Crippen LogP contribution in [0.2, 0.25) is 0 Å². The van der Waals surface area contributed by atoms with E-state index in [0.717, 1.165) is 23.6 Å². The van der Waals surface area contributed by atoms with Gasteiger partial charge in [0.2, 0.25) is 0 Å². The van der Waals surface area contributed by atoms with E-state index >= 15 is 0 Å². The molecular formula is C20H19N3. The van der Waals surface area contributed by atoms with E-state index in [1.54, 1.807) is 0 Å². The smallest absolute Gasteiger partial charge is 0.106 e. The second-order valence-electron chi connectivity index (χ2n) is 5.91. The number of fused-ring (bicyclic) bond motifs is 2. The second kappa shape index (κ2) is 5.43. The van der Waals surface area contributed by atoms with Crippen molar-refractivity contribution in [2.75, 3.05) is 5.32 Å². The van der Waals surface area contributed by atoms with Crippen molar-refractivity contribution in [1.82, 2.24) is 9.55 Å². The topological polar surface area (TPSA) is 29.9 Å². The summed E-state index contributed by atoms with van der Waals surface area (Å²) in [6.07, 6.45) is 0. The van der Waals surface area contributed by atoms with Crippen molar-refractivity contribution in [1.29, 1.82) is 0 Å². The lowest BCUT2D eigenvalue weighted by Gasteiger charge is -2.09. The molecule has 0 aliphatic heterocycles. The lowest BCUT2D eigenvalue weighted by Crippen LogP contribution is -2.00. The summed E-state index contributed by atoms with van der Waals surface area (Å²) >= 11 is 0. The van der Waals surface area contributed by atoms with Crippen molar-refractivity contribution in [2.45, 2.75) is 13.5 Å². The van der Waals surface area contributed by atoms with E-state index in [4.69, 9.17) is 0 Å². The molecule has 114 valence electrons. The van der Waals surface area contributed by atoms with Gasteiger partial charge in [-0.2, -0.15) is 0 Å². The number of aryl methyl sites for hydroxylation is 2. The zero-order valence-electron chi connectivity index (χ0n) is 13.4. The number of nitrogens with zero attached hydrogens (tertiary/aromatic N) is 2. The highest BCUT2D eigenvalue weighted by Gasteiger charge is 2.05. The molecule has 3 heteroatoms. The SMILES string of the molecule is Cc1nc2cc(NCc3cccc4ccccc34)ccc2n1C. The minimum atomic E-state index is 0.804. The van der Waals surface area contributed by atoms with Gasteiger partial charge in [0.15, 0.2) is 0 Å². The molecule has 0 amide bonds. The number of aromatic nitrogens is 2. The maximum Gasteiger partial charge on any atom is 0.106 e. The first-order valence-electron chi connectivity index (χ1n) is 7.86. The summed E-state index contributed by atoms with van der Waals surface area (Å²) in [5, 5.41) is 6.11. The van der Waals surface area contributed by atoms with Crippen LogP contribution >= 0.6 is 0 Å². The van der Waals surface area contributed by atoms with E-state index in [0.29, 0.717) is 0 Å². The molecule has 0 saturated heterocycles. The zero-order chi connectivity index (χ0) is 15.8. The molecule has 1 heterocycles. The van der Waals surface area contributed by atoms with E-state index in [-0.39, 0.29) is 0 Å². The first-order chi connectivity index (χ1) is 11.2. The Balaban J connectivity index is 1.63. The highest BCUT2D eigenvalue weighted by atomic mass is 15.0. The Kier molecular flexibility index (Phi) is 3.27. The zero-order valence-corrected chi connectivity index (χ0v) is 13.4. The molecule has 0 bridgehead atoms. The van der Waals surface area contributed by atoms with Crippen molar-refractivity contribution in [2.24, 2.45) is 7.05 Å². The molecule has 3 aromatic carbocycles. The average molecular weight is 301 g/mol. The monoisotopic (exact) mass is 301 g/mol. The van der Waals surface area contributed by atoms with Crippen LogP contribution in [0.15, 0.2) is 60.7 Å². The van der Waals surface area contributed by atoms with Crippen LogP contribution in [0.1, 0.15) is 11.4 Å². The van der Waals surface area contributed by atoms with Gasteiger partial charge in [0.1, 0.15) is 5.82 Å². The van der Waals surface area contributed by atoms with Crippen molar-refractivity contribution in [3.05, 3.63) is 72.1 Å². The molecule has 0 radical (unpaired) electrons. The summed E-state index contributed by atoms with van der Waals surface area (Å²) in [5.74, 6) is 1.03. The maximum atomic E-state index is 4.60. The number of benzene rings is 3. The van der Waals surface area contributed by atoms with Gasteiger partial charge in [-0.1, -0.05) is 42.5 Å². The Labute approximate surface area is 135 Å². The Morgan fingerprint density at radius 3 is 2.74 bits per heavy atom. The highest BCUT2D eigenvalue weighted by molar-refractivity contribution is 5.86. The molecule has 0 aliphatic rings. The van der Waals surface area contributed by atoms with Gasteiger partial charge < -0.3 is 9.88 Å². The van der Waals surface area contributed by atoms with Crippen LogP contribution in [0.25, 0.3) is 21.8 Å². The average Bonchev–Trinajstić information content (AvgIpc) is 2.87. The van der Waals surface area contributed by atoms with Gasteiger partial charge >= 0.3 is 0 Å². The normalized spacial score (nSPS) is 11.2. The lowest BCUT2D eigenvalue weighted by molar-refractivity contribution is 0.886. The third-order valence-electron chi connectivity index (χ3n) is 4.47. The van der Waals surface area contributed by atoms with E-state index in [1.165, 1.54) is 21.9 Å². The molecule has 0 spiro atoms. The third kappa shape index (κ3) is 2.44. The summed E-state index contributed by atoms with van der Waals surface area (Å²) in [4.78, 5) is 4.60. The van der Waals surface area contributed by atoms with Crippen LogP contribution in [0.4, 0.5) is 5.69 Å². The number of hydrogen-bond donors (Lipinski definition) is 1. The predicted octanol–water partition coefficient (Wildman–Crippen LogP) is 4.65. The summed E-state index contributed by atoms with van der Waals surface area (Å²) < 4.78 is 2.11. The lowest BCUT2D eigenvalue weighted by atomic mass is 10.0. The summed E-state index contributed by atoms with van der Waals surface area (Å²) in [5.41, 5.74) is 4.61. The number of nitrogens with one attached hydrogen (secondary N) is 1. The van der Waals surface area contributed by atoms with Crippen LogP contribution in [0.3, 0.4) is 0 Å². The van der Waals surface area contributed by atoms with Crippen molar-refractivity contribution < 1.29 is 0 Å². The van der Waals surface area contributed by atoms with Gasteiger partial charge in [0.05, 0.1) is 11.0 Å². The fourth-order valence-corrected chi connectivity index (χ4v) is 3.07. The Morgan fingerprint density at radius 2 is 1.83 bits per heavy atom. The van der Waals surface area contributed by atoms with E-state index in [2.05, 4.69) is 75.5 Å². The van der Waals surface area contributed by atoms with E-state index in [1.807, 2.05) is 14.0 Å². The summed E-state index contributed by atoms with van der Waals surface area (Å²) in [7, 11) is 2.05. The fourth-order valence-electron chi connectivity index (χ4n) is 3.07. The van der Waals surface area contributed by atoms with Crippen LogP contribution in [-0.2, 0) is 13.6 Å². The molecule has 23 heavy (non-hydrogen) atoms. The number of hydrogen-bond acceptors (Lipinski definition) is 2. The van der Waals surface area contributed by atoms with Crippen LogP contribution in [0, 0.1) is 6.92 Å². The number of rotatable bonds is 3. The van der Waals surface area contributed by atoms with E-state index < -0.39 is 0 Å². The van der Waals surface area contributed by atoms with Crippen LogP contribution in [0.5, 0.6) is 0 Å². The molecule has 1 aromatic heterocycles. The quantitative estimate of drug-likeness (QED) is 0.597. The molecule has 1 N–H and O–H groups in total. The minimum Gasteiger partial charge on any atom is -0.381 e. The van der Waals surface area contributed by atoms with Gasteiger partial charge in [-0.25, -0.2) is 4.98 Å². The van der Waals surface area contributed by atoms with Crippen LogP contribution < -0.4 is 5.32 Å². The van der Waals surface area contributed by atoms with Crippen molar-refractivity contribution in [3.8, 4) is 0 Å². The fraction of sp³-hybridized carbons (Fsp3) is 0.150. The maximum absolute atomic E-state index is 4.60. The van der Waals surface area contributed by atoms with Crippen LogP contribution in [-0.4, -0.2) is 9.55 Å². The molecule has 0 atom stereocenters. The second-order valence-corrected chi connectivity index (χ2v) is 5.91. The standard InChI is InChI=1S/C20H19N3/c1-14-22-19-12-17(10-11-20(19)23(14)2)21-13-16-8-5-7-15-6-3-4-9-18(15)16/h3-12,21H,13H2,1-2H3. The molecule has 0 saturated carbocycles. The third-order valence-corrected chi connectivity index (χ3v) is 4.47. The molecular weight excluding hydrogens is 282 g/mol. The first kappa shape index (κ1) is 13.8. The largest absolute Gasteiger partial charge is 0.381 e. The Bertz CT molecular complexity index is 993. The molecule has 4 aromatic rings. The molecule has 0 aliphatic carbocycles. The summed E-state index contributed by atoms with van der Waals surface area (Å²) in [6.45, 7) is 2.84. The Hall–Kier alpha value is -2.81. The van der Waals surface area contributed by atoms with Crippen molar-refractivity contribution in [3.63, 3.8) is 0 Å². The number of imidazole rings is 1. The van der Waals surface area contributed by atoms with E-state index in [9.17, 15) is 0 Å². The highest BCUT2D eigenvalue weighted by Crippen LogP contribution is 2.22. The van der Waals surface area contributed by atoms with Gasteiger partial charge in [0, 0.05) is 19.3 Å². The van der Waals surface area contributed by atoms with Crippen molar-refractivity contribution >= 4 is 27.5 Å². The molecule has 4 rings (SSSR count). The molecule has 3 nitrogen and oxygen atoms in total. The predicted molar refractivity (Wildman–Crippen MR) is 96.7 cm³/mol.